The van der Waals surface area contributed by atoms with Crippen molar-refractivity contribution in [1.29, 1.82) is 0 Å². The van der Waals surface area contributed by atoms with Gasteiger partial charge in [0.2, 0.25) is 0 Å². The first kappa shape index (κ1) is 26.1. The number of aliphatic carboxylic acids is 1. The summed E-state index contributed by atoms with van der Waals surface area (Å²) in [5.41, 5.74) is 10.6. The number of hydrogen-bond acceptors (Lipinski definition) is 7. The van der Waals surface area contributed by atoms with Gasteiger partial charge in [-0.15, -0.1) is 0 Å². The molecule has 0 bridgehead atoms. The predicted molar refractivity (Wildman–Crippen MR) is 133 cm³/mol. The molecule has 1 aliphatic rings. The highest BCUT2D eigenvalue weighted by Crippen LogP contribution is 2.47. The summed E-state index contributed by atoms with van der Waals surface area (Å²) >= 11 is 0. The van der Waals surface area contributed by atoms with Gasteiger partial charge in [0, 0.05) is 29.1 Å². The largest absolute Gasteiger partial charge is 0.507 e. The van der Waals surface area contributed by atoms with Crippen molar-refractivity contribution in [2.75, 3.05) is 7.11 Å². The van der Waals surface area contributed by atoms with Crippen molar-refractivity contribution in [3.05, 3.63) is 108 Å². The van der Waals surface area contributed by atoms with E-state index in [1.54, 1.807) is 25.6 Å². The molecular weight excluding hydrogens is 501 g/mol. The van der Waals surface area contributed by atoms with Crippen molar-refractivity contribution in [1.82, 2.24) is 9.97 Å². The van der Waals surface area contributed by atoms with Gasteiger partial charge in [-0.2, -0.15) is 13.2 Å². The van der Waals surface area contributed by atoms with Crippen LogP contribution in [-0.2, 0) is 10.3 Å². The van der Waals surface area contributed by atoms with Gasteiger partial charge >= 0.3 is 12.1 Å². The molecule has 1 aromatic heterocycles. The number of nitrogens with two attached hydrogens (primary N) is 1. The molecule has 2 heterocycles. The molecule has 11 heteroatoms. The number of phenolic OH excluding ortho intramolecular Hbond substituents is 1. The van der Waals surface area contributed by atoms with E-state index >= 15 is 0 Å². The molecule has 0 saturated heterocycles. The topological polar surface area (TPSA) is 131 Å². The van der Waals surface area contributed by atoms with Gasteiger partial charge in [-0.05, 0) is 41.0 Å². The van der Waals surface area contributed by atoms with Crippen LogP contribution in [0.15, 0.2) is 90.4 Å². The lowest BCUT2D eigenvalue weighted by atomic mass is 9.77. The summed E-state index contributed by atoms with van der Waals surface area (Å²) in [7, 11) is 1.64. The summed E-state index contributed by atoms with van der Waals surface area (Å²) in [6.07, 6.45) is -0.278. The highest BCUT2D eigenvalue weighted by atomic mass is 19.4. The minimum atomic E-state index is -5.08. The number of benzene rings is 3. The number of aromatic nitrogens is 2. The number of phenols is 1. The van der Waals surface area contributed by atoms with Crippen LogP contribution >= 0.6 is 0 Å². The van der Waals surface area contributed by atoms with Crippen molar-refractivity contribution < 1.29 is 32.9 Å². The average Bonchev–Trinajstić information content (AvgIpc) is 3.22. The molecule has 194 valence electrons. The molecule has 1 unspecified atom stereocenters. The molecule has 0 radical (unpaired) electrons. The molecule has 38 heavy (non-hydrogen) atoms. The van der Waals surface area contributed by atoms with E-state index in [2.05, 4.69) is 9.97 Å². The Bertz CT molecular complexity index is 1490. The first-order chi connectivity index (χ1) is 18.1. The summed E-state index contributed by atoms with van der Waals surface area (Å²) in [5.74, 6) is -1.38. The molecule has 4 N–H and O–H groups in total. The quantitative estimate of drug-likeness (QED) is 0.360. The van der Waals surface area contributed by atoms with Crippen molar-refractivity contribution in [2.24, 2.45) is 10.7 Å². The number of rotatable bonds is 4. The smallest absolute Gasteiger partial charge is 0.490 e. The highest BCUT2D eigenvalue weighted by molar-refractivity contribution is 6.03. The van der Waals surface area contributed by atoms with E-state index in [1.807, 2.05) is 60.7 Å². The Balaban J connectivity index is 0.000000426. The standard InChI is InChI=1S/C25H20N4O2.C2HF3O2/c1-31-19-9-6-17(7-10-19)25(22-5-3-2-4-20(22)24(26)29-25)18-8-11-23(30)21(12-18)16-13-27-15-28-14-16;3-2(4,5)1(6)7/h2-15,30H,1H3,(H2,26,29);(H,6,7). The number of carboxylic acids is 1. The molecule has 1 aliphatic heterocycles. The number of fused-ring (bicyclic) bond motifs is 1. The molecule has 8 nitrogen and oxygen atoms in total. The molecule has 3 aromatic carbocycles. The lowest BCUT2D eigenvalue weighted by Gasteiger charge is -2.30. The van der Waals surface area contributed by atoms with E-state index in [0.717, 1.165) is 33.6 Å². The maximum atomic E-state index is 10.6. The van der Waals surface area contributed by atoms with E-state index < -0.39 is 17.7 Å². The van der Waals surface area contributed by atoms with Crippen LogP contribution in [0.5, 0.6) is 11.5 Å². The fourth-order valence-electron chi connectivity index (χ4n) is 4.19. The van der Waals surface area contributed by atoms with Crippen molar-refractivity contribution in [2.45, 2.75) is 11.7 Å². The Hall–Kier alpha value is -4.93. The molecule has 0 aliphatic carbocycles. The summed E-state index contributed by atoms with van der Waals surface area (Å²) in [4.78, 5) is 22.1. The zero-order chi connectivity index (χ0) is 27.5. The number of hydrogen-bond donors (Lipinski definition) is 3. The third-order valence-corrected chi connectivity index (χ3v) is 5.92. The number of carbonyl (C=O) groups is 1. The molecule has 0 amide bonds. The fraction of sp³-hybridized carbons (Fsp3) is 0.111. The van der Waals surface area contributed by atoms with Gasteiger partial charge in [0.05, 0.1) is 7.11 Å². The third-order valence-electron chi connectivity index (χ3n) is 5.92. The van der Waals surface area contributed by atoms with Crippen molar-refractivity contribution in [3.8, 4) is 22.6 Å². The second-order valence-corrected chi connectivity index (χ2v) is 8.14. The molecule has 1 atom stereocenters. The predicted octanol–water partition coefficient (Wildman–Crippen LogP) is 4.50. The summed E-state index contributed by atoms with van der Waals surface area (Å²) in [6, 6.07) is 21.3. The number of methoxy groups -OCH3 is 1. The zero-order valence-electron chi connectivity index (χ0n) is 19.8. The maximum absolute atomic E-state index is 10.6. The summed E-state index contributed by atoms with van der Waals surface area (Å²) < 4.78 is 37.1. The van der Waals surface area contributed by atoms with Crippen LogP contribution in [0, 0.1) is 0 Å². The monoisotopic (exact) mass is 522 g/mol. The third kappa shape index (κ3) is 4.85. The first-order valence-electron chi connectivity index (χ1n) is 11.1. The van der Waals surface area contributed by atoms with Crippen molar-refractivity contribution in [3.63, 3.8) is 0 Å². The minimum absolute atomic E-state index is 0.145. The minimum Gasteiger partial charge on any atom is -0.507 e. The van der Waals surface area contributed by atoms with Crippen LogP contribution in [0.2, 0.25) is 0 Å². The number of carboxylic acid groups (broad SMARTS) is 1. The lowest BCUT2D eigenvalue weighted by molar-refractivity contribution is -0.192. The molecule has 0 saturated carbocycles. The number of aliphatic imine (C=N–C) groups is 1. The van der Waals surface area contributed by atoms with Gasteiger partial charge in [-0.3, -0.25) is 0 Å². The Morgan fingerprint density at radius 2 is 1.55 bits per heavy atom. The van der Waals surface area contributed by atoms with Crippen LogP contribution in [0.4, 0.5) is 13.2 Å². The van der Waals surface area contributed by atoms with Gasteiger partial charge in [-0.25, -0.2) is 19.8 Å². The van der Waals surface area contributed by atoms with E-state index in [4.69, 9.17) is 25.4 Å². The molecular formula is C27H21F3N4O4. The van der Waals surface area contributed by atoms with E-state index in [9.17, 15) is 18.3 Å². The number of halogens is 3. The SMILES string of the molecule is COc1ccc(C2(c3ccc(O)c(-c4cncnc4)c3)N=C(N)c3ccccc32)cc1.O=C(O)C(F)(F)F. The Labute approximate surface area is 214 Å². The second-order valence-electron chi connectivity index (χ2n) is 8.14. The Morgan fingerprint density at radius 1 is 0.947 bits per heavy atom. The summed E-state index contributed by atoms with van der Waals surface area (Å²) in [5, 5.41) is 17.7. The van der Waals surface area contributed by atoms with E-state index in [1.165, 1.54) is 6.33 Å². The second kappa shape index (κ2) is 10.2. The van der Waals surface area contributed by atoms with Crippen LogP contribution in [0.3, 0.4) is 0 Å². The summed E-state index contributed by atoms with van der Waals surface area (Å²) in [6.45, 7) is 0. The lowest BCUT2D eigenvalue weighted by Crippen LogP contribution is -2.25. The van der Waals surface area contributed by atoms with Gasteiger partial charge in [0.25, 0.3) is 0 Å². The maximum Gasteiger partial charge on any atom is 0.490 e. The van der Waals surface area contributed by atoms with E-state index in [0.29, 0.717) is 11.4 Å². The van der Waals surface area contributed by atoms with Gasteiger partial charge in [0.1, 0.15) is 29.2 Å². The Morgan fingerprint density at radius 3 is 2.16 bits per heavy atom. The molecule has 4 aromatic rings. The van der Waals surface area contributed by atoms with Gasteiger partial charge in [0.15, 0.2) is 0 Å². The van der Waals surface area contributed by atoms with Crippen LogP contribution in [0.25, 0.3) is 11.1 Å². The number of amidine groups is 1. The van der Waals surface area contributed by atoms with Crippen LogP contribution in [0.1, 0.15) is 22.3 Å². The van der Waals surface area contributed by atoms with Gasteiger partial charge in [-0.1, -0.05) is 42.5 Å². The van der Waals surface area contributed by atoms with Gasteiger partial charge < -0.3 is 20.7 Å². The normalized spacial score (nSPS) is 16.1. The molecule has 0 spiro atoms. The number of alkyl halides is 3. The van der Waals surface area contributed by atoms with Crippen LogP contribution < -0.4 is 10.5 Å². The highest BCUT2D eigenvalue weighted by Gasteiger charge is 2.43. The van der Waals surface area contributed by atoms with E-state index in [-0.39, 0.29) is 5.75 Å². The van der Waals surface area contributed by atoms with Crippen LogP contribution in [-0.4, -0.2) is 45.3 Å². The zero-order valence-corrected chi connectivity index (χ0v) is 19.8. The molecule has 5 rings (SSSR count). The molecule has 0 fully saturated rings. The number of nitrogens with zero attached hydrogens (tertiary/aromatic N) is 3. The average molecular weight is 522 g/mol. The number of ether oxygens (including phenoxy) is 1. The fourth-order valence-corrected chi connectivity index (χ4v) is 4.19. The van der Waals surface area contributed by atoms with Crippen molar-refractivity contribution >= 4 is 11.8 Å². The first-order valence-corrected chi connectivity index (χ1v) is 11.1. The Kier molecular flexibility index (Phi) is 7.02. The number of aromatic hydroxyl groups is 1.